The average Bonchev–Trinajstić information content (AvgIpc) is 2.64. The lowest BCUT2D eigenvalue weighted by Crippen LogP contribution is -2.27. The van der Waals surface area contributed by atoms with Gasteiger partial charge in [0.1, 0.15) is 0 Å². The first kappa shape index (κ1) is 12.1. The van der Waals surface area contributed by atoms with Crippen LogP contribution >= 0.6 is 0 Å². The van der Waals surface area contributed by atoms with Gasteiger partial charge in [-0.05, 0) is 27.2 Å². The van der Waals surface area contributed by atoms with Crippen molar-refractivity contribution >= 4 is 5.95 Å². The molecule has 1 fully saturated rings. The molecule has 94 valence electrons. The zero-order valence-corrected chi connectivity index (χ0v) is 10.6. The average molecular weight is 237 g/mol. The second kappa shape index (κ2) is 5.31. The minimum Gasteiger partial charge on any atom is -0.478 e. The SMILES string of the molecule is CCOc1cc(C)nc(NC2CCOC2C)n1. The molecule has 0 bridgehead atoms. The van der Waals surface area contributed by atoms with Crippen LogP contribution in [0.2, 0.25) is 0 Å². The van der Waals surface area contributed by atoms with Crippen LogP contribution in [0.5, 0.6) is 5.88 Å². The van der Waals surface area contributed by atoms with Gasteiger partial charge >= 0.3 is 0 Å². The van der Waals surface area contributed by atoms with Gasteiger partial charge in [-0.25, -0.2) is 4.98 Å². The molecule has 2 heterocycles. The predicted molar refractivity (Wildman–Crippen MR) is 65.4 cm³/mol. The van der Waals surface area contributed by atoms with Gasteiger partial charge in [0, 0.05) is 18.4 Å². The standard InChI is InChI=1S/C12H19N3O2/c1-4-16-11-7-8(2)13-12(15-11)14-10-5-6-17-9(10)3/h7,9-10H,4-6H2,1-3H3,(H,13,14,15). The van der Waals surface area contributed by atoms with E-state index in [2.05, 4.69) is 22.2 Å². The molecule has 5 heteroatoms. The molecule has 1 aliphatic rings. The van der Waals surface area contributed by atoms with Crippen molar-refractivity contribution in [2.45, 2.75) is 39.3 Å². The number of nitrogens with zero attached hydrogens (tertiary/aromatic N) is 2. The first-order chi connectivity index (χ1) is 8.19. The number of nitrogens with one attached hydrogen (secondary N) is 1. The molecule has 0 radical (unpaired) electrons. The topological polar surface area (TPSA) is 56.3 Å². The third-order valence-corrected chi connectivity index (χ3v) is 2.81. The maximum absolute atomic E-state index is 5.50. The zero-order chi connectivity index (χ0) is 12.3. The minimum atomic E-state index is 0.203. The highest BCUT2D eigenvalue weighted by Crippen LogP contribution is 2.18. The number of aromatic nitrogens is 2. The van der Waals surface area contributed by atoms with Gasteiger partial charge in [-0.3, -0.25) is 0 Å². The van der Waals surface area contributed by atoms with Crippen molar-refractivity contribution in [2.75, 3.05) is 18.5 Å². The highest BCUT2D eigenvalue weighted by atomic mass is 16.5. The third kappa shape index (κ3) is 3.06. The quantitative estimate of drug-likeness (QED) is 0.865. The van der Waals surface area contributed by atoms with Crippen molar-refractivity contribution in [3.63, 3.8) is 0 Å². The van der Waals surface area contributed by atoms with Crippen LogP contribution < -0.4 is 10.1 Å². The number of rotatable bonds is 4. The van der Waals surface area contributed by atoms with Gasteiger partial charge in [0.15, 0.2) is 0 Å². The fourth-order valence-electron chi connectivity index (χ4n) is 1.91. The maximum Gasteiger partial charge on any atom is 0.226 e. The van der Waals surface area contributed by atoms with Gasteiger partial charge < -0.3 is 14.8 Å². The Morgan fingerprint density at radius 3 is 3.00 bits per heavy atom. The molecular weight excluding hydrogens is 218 g/mol. The summed E-state index contributed by atoms with van der Waals surface area (Å²) < 4.78 is 10.9. The molecular formula is C12H19N3O2. The highest BCUT2D eigenvalue weighted by Gasteiger charge is 2.24. The molecule has 1 aromatic heterocycles. The largest absolute Gasteiger partial charge is 0.478 e. The van der Waals surface area contributed by atoms with E-state index >= 15 is 0 Å². The van der Waals surface area contributed by atoms with E-state index in [0.717, 1.165) is 18.7 Å². The fourth-order valence-corrected chi connectivity index (χ4v) is 1.91. The molecule has 2 unspecified atom stereocenters. The smallest absolute Gasteiger partial charge is 0.226 e. The summed E-state index contributed by atoms with van der Waals surface area (Å²) in [6, 6.07) is 2.12. The van der Waals surface area contributed by atoms with Crippen LogP contribution in [0.3, 0.4) is 0 Å². The van der Waals surface area contributed by atoms with Crippen LogP contribution in [-0.4, -0.2) is 35.3 Å². The summed E-state index contributed by atoms with van der Waals surface area (Å²) in [5.41, 5.74) is 0.900. The van der Waals surface area contributed by atoms with E-state index in [4.69, 9.17) is 9.47 Å². The van der Waals surface area contributed by atoms with Gasteiger partial charge in [-0.15, -0.1) is 0 Å². The number of hydrogen-bond acceptors (Lipinski definition) is 5. The molecule has 0 aliphatic carbocycles. The van der Waals surface area contributed by atoms with Gasteiger partial charge in [0.2, 0.25) is 11.8 Å². The van der Waals surface area contributed by atoms with E-state index in [0.29, 0.717) is 18.4 Å². The highest BCUT2D eigenvalue weighted by molar-refractivity contribution is 5.32. The predicted octanol–water partition coefficient (Wildman–Crippen LogP) is 1.77. The summed E-state index contributed by atoms with van der Waals surface area (Å²) in [7, 11) is 0. The Hall–Kier alpha value is -1.36. The van der Waals surface area contributed by atoms with Gasteiger partial charge in [-0.2, -0.15) is 4.98 Å². The molecule has 5 nitrogen and oxygen atoms in total. The molecule has 1 aliphatic heterocycles. The monoisotopic (exact) mass is 237 g/mol. The molecule has 1 aromatic rings. The lowest BCUT2D eigenvalue weighted by molar-refractivity contribution is 0.121. The summed E-state index contributed by atoms with van der Waals surface area (Å²) in [5.74, 6) is 1.24. The Balaban J connectivity index is 2.09. The zero-order valence-electron chi connectivity index (χ0n) is 10.6. The Kier molecular flexibility index (Phi) is 3.78. The summed E-state index contributed by atoms with van der Waals surface area (Å²) >= 11 is 0. The van der Waals surface area contributed by atoms with E-state index in [9.17, 15) is 0 Å². The molecule has 0 aromatic carbocycles. The fraction of sp³-hybridized carbons (Fsp3) is 0.667. The van der Waals surface area contributed by atoms with Crippen molar-refractivity contribution in [1.29, 1.82) is 0 Å². The van der Waals surface area contributed by atoms with Crippen molar-refractivity contribution in [1.82, 2.24) is 9.97 Å². The first-order valence-corrected chi connectivity index (χ1v) is 6.05. The van der Waals surface area contributed by atoms with E-state index < -0.39 is 0 Å². The summed E-state index contributed by atoms with van der Waals surface area (Å²) in [6.45, 7) is 7.34. The van der Waals surface area contributed by atoms with E-state index in [1.807, 2.05) is 19.9 Å². The normalized spacial score (nSPS) is 23.7. The van der Waals surface area contributed by atoms with Crippen LogP contribution in [0.15, 0.2) is 6.07 Å². The Morgan fingerprint density at radius 2 is 2.35 bits per heavy atom. The van der Waals surface area contributed by atoms with Gasteiger partial charge in [0.25, 0.3) is 0 Å². The Bertz CT molecular complexity index is 384. The molecule has 1 N–H and O–H groups in total. The van der Waals surface area contributed by atoms with Crippen LogP contribution in [0.25, 0.3) is 0 Å². The van der Waals surface area contributed by atoms with Crippen molar-refractivity contribution in [3.05, 3.63) is 11.8 Å². The molecule has 17 heavy (non-hydrogen) atoms. The molecule has 2 atom stereocenters. The number of hydrogen-bond donors (Lipinski definition) is 1. The van der Waals surface area contributed by atoms with E-state index in [-0.39, 0.29) is 12.1 Å². The molecule has 0 spiro atoms. The van der Waals surface area contributed by atoms with Crippen molar-refractivity contribution in [3.8, 4) is 5.88 Å². The number of anilines is 1. The third-order valence-electron chi connectivity index (χ3n) is 2.81. The minimum absolute atomic E-state index is 0.203. The van der Waals surface area contributed by atoms with Crippen molar-refractivity contribution < 1.29 is 9.47 Å². The first-order valence-electron chi connectivity index (χ1n) is 6.05. The number of ether oxygens (including phenoxy) is 2. The Labute approximate surface area is 102 Å². The lowest BCUT2D eigenvalue weighted by Gasteiger charge is -2.16. The molecule has 2 rings (SSSR count). The van der Waals surface area contributed by atoms with E-state index in [1.54, 1.807) is 0 Å². The summed E-state index contributed by atoms with van der Waals surface area (Å²) in [6.07, 6.45) is 1.19. The van der Waals surface area contributed by atoms with Crippen LogP contribution in [0.1, 0.15) is 26.0 Å². The second-order valence-electron chi connectivity index (χ2n) is 4.22. The van der Waals surface area contributed by atoms with Crippen LogP contribution in [0.4, 0.5) is 5.95 Å². The maximum atomic E-state index is 5.50. The summed E-state index contributed by atoms with van der Waals surface area (Å²) in [4.78, 5) is 8.68. The van der Waals surface area contributed by atoms with Crippen LogP contribution in [-0.2, 0) is 4.74 Å². The molecule has 0 amide bonds. The van der Waals surface area contributed by atoms with Gasteiger partial charge in [0.05, 0.1) is 18.8 Å². The molecule has 1 saturated heterocycles. The van der Waals surface area contributed by atoms with Crippen molar-refractivity contribution in [2.24, 2.45) is 0 Å². The second-order valence-corrected chi connectivity index (χ2v) is 4.22. The summed E-state index contributed by atoms with van der Waals surface area (Å²) in [5, 5.41) is 3.30. The Morgan fingerprint density at radius 1 is 1.53 bits per heavy atom. The van der Waals surface area contributed by atoms with Crippen LogP contribution in [0, 0.1) is 6.92 Å². The molecule has 0 saturated carbocycles. The van der Waals surface area contributed by atoms with E-state index in [1.165, 1.54) is 0 Å². The lowest BCUT2D eigenvalue weighted by atomic mass is 10.2. The van der Waals surface area contributed by atoms with Gasteiger partial charge in [-0.1, -0.05) is 0 Å². The number of aryl methyl sites for hydroxylation is 1.